The molecular formula is C13H29N. The van der Waals surface area contributed by atoms with Crippen molar-refractivity contribution in [2.24, 2.45) is 5.92 Å². The van der Waals surface area contributed by atoms with Crippen molar-refractivity contribution in [1.29, 1.82) is 0 Å². The highest BCUT2D eigenvalue weighted by Gasteiger charge is 2.16. The molecule has 0 saturated heterocycles. The van der Waals surface area contributed by atoms with Gasteiger partial charge in [-0.15, -0.1) is 0 Å². The number of rotatable bonds is 8. The molecule has 0 aliphatic heterocycles. The Hall–Kier alpha value is -0.0400. The Bertz CT molecular complexity index is 120. The first-order valence-corrected chi connectivity index (χ1v) is 6.29. The van der Waals surface area contributed by atoms with Gasteiger partial charge in [0.15, 0.2) is 0 Å². The van der Waals surface area contributed by atoms with Gasteiger partial charge in [0.2, 0.25) is 0 Å². The van der Waals surface area contributed by atoms with E-state index < -0.39 is 0 Å². The molecule has 0 radical (unpaired) electrons. The highest BCUT2D eigenvalue weighted by atomic mass is 15.1. The summed E-state index contributed by atoms with van der Waals surface area (Å²) in [4.78, 5) is 2.40. The van der Waals surface area contributed by atoms with Crippen molar-refractivity contribution < 1.29 is 0 Å². The predicted molar refractivity (Wildman–Crippen MR) is 65.7 cm³/mol. The summed E-state index contributed by atoms with van der Waals surface area (Å²) in [6.45, 7) is 6.95. The average Bonchev–Trinajstić information content (AvgIpc) is 2.16. The Kier molecular flexibility index (Phi) is 8.26. The minimum absolute atomic E-state index is 0.789. The van der Waals surface area contributed by atoms with Gasteiger partial charge in [-0.25, -0.2) is 0 Å². The minimum atomic E-state index is 0.789. The molecule has 0 saturated carbocycles. The lowest BCUT2D eigenvalue weighted by atomic mass is 9.93. The summed E-state index contributed by atoms with van der Waals surface area (Å²) in [6.07, 6.45) is 8.24. The number of hydrogen-bond donors (Lipinski definition) is 0. The largest absolute Gasteiger partial charge is 0.306 e. The van der Waals surface area contributed by atoms with Gasteiger partial charge >= 0.3 is 0 Å². The molecule has 0 aromatic carbocycles. The summed E-state index contributed by atoms with van der Waals surface area (Å²) >= 11 is 0. The lowest BCUT2D eigenvalue weighted by Gasteiger charge is -2.29. The van der Waals surface area contributed by atoms with E-state index in [2.05, 4.69) is 39.8 Å². The molecule has 14 heavy (non-hydrogen) atoms. The van der Waals surface area contributed by atoms with Crippen LogP contribution in [0.1, 0.15) is 59.3 Å². The molecule has 2 unspecified atom stereocenters. The summed E-state index contributed by atoms with van der Waals surface area (Å²) in [5.74, 6) is 0.839. The fourth-order valence-corrected chi connectivity index (χ4v) is 2.10. The molecule has 2 atom stereocenters. The van der Waals surface area contributed by atoms with E-state index in [-0.39, 0.29) is 0 Å². The van der Waals surface area contributed by atoms with Gasteiger partial charge in [-0.2, -0.15) is 0 Å². The van der Waals surface area contributed by atoms with E-state index in [1.807, 2.05) is 0 Å². The van der Waals surface area contributed by atoms with Crippen LogP contribution in [0, 0.1) is 5.92 Å². The van der Waals surface area contributed by atoms with Crippen LogP contribution in [0.5, 0.6) is 0 Å². The highest BCUT2D eigenvalue weighted by Crippen LogP contribution is 2.18. The maximum absolute atomic E-state index is 2.40. The normalized spacial score (nSPS) is 15.9. The van der Waals surface area contributed by atoms with Crippen LogP contribution < -0.4 is 0 Å². The quantitative estimate of drug-likeness (QED) is 0.535. The van der Waals surface area contributed by atoms with E-state index >= 15 is 0 Å². The molecule has 0 aliphatic rings. The predicted octanol–water partition coefficient (Wildman–Crippen LogP) is 3.93. The number of unbranched alkanes of at least 4 members (excludes halogenated alkanes) is 3. The summed E-state index contributed by atoms with van der Waals surface area (Å²) in [5.41, 5.74) is 0. The summed E-state index contributed by atoms with van der Waals surface area (Å²) < 4.78 is 0. The first-order chi connectivity index (χ1) is 6.63. The molecule has 0 spiro atoms. The topological polar surface area (TPSA) is 3.24 Å². The third kappa shape index (κ3) is 5.64. The zero-order valence-electron chi connectivity index (χ0n) is 10.8. The zero-order valence-corrected chi connectivity index (χ0v) is 10.8. The Balaban J connectivity index is 3.74. The van der Waals surface area contributed by atoms with Gasteiger partial charge in [0, 0.05) is 6.04 Å². The zero-order chi connectivity index (χ0) is 11.0. The molecule has 0 fully saturated rings. The van der Waals surface area contributed by atoms with E-state index in [4.69, 9.17) is 0 Å². The molecule has 86 valence electrons. The van der Waals surface area contributed by atoms with Crippen molar-refractivity contribution in [3.63, 3.8) is 0 Å². The lowest BCUT2D eigenvalue weighted by Crippen LogP contribution is -2.33. The van der Waals surface area contributed by atoms with Crippen LogP contribution >= 0.6 is 0 Å². The highest BCUT2D eigenvalue weighted by molar-refractivity contribution is 4.71. The van der Waals surface area contributed by atoms with E-state index in [1.54, 1.807) is 0 Å². The number of nitrogens with zero attached hydrogens (tertiary/aromatic N) is 1. The standard InChI is InChI=1S/C13H29N/c1-6-8-9-10-11-13(14(4)5)12(3)7-2/h12-13H,6-11H2,1-5H3. The van der Waals surface area contributed by atoms with Gasteiger partial charge in [-0.3, -0.25) is 0 Å². The van der Waals surface area contributed by atoms with Crippen LogP contribution in [0.3, 0.4) is 0 Å². The molecule has 1 nitrogen and oxygen atoms in total. The van der Waals surface area contributed by atoms with Crippen LogP contribution in [0.25, 0.3) is 0 Å². The Morgan fingerprint density at radius 2 is 1.64 bits per heavy atom. The smallest absolute Gasteiger partial charge is 0.0115 e. The van der Waals surface area contributed by atoms with Gasteiger partial charge in [-0.05, 0) is 26.4 Å². The van der Waals surface area contributed by atoms with E-state index in [0.29, 0.717) is 0 Å². The molecule has 0 bridgehead atoms. The Morgan fingerprint density at radius 3 is 2.07 bits per heavy atom. The fraction of sp³-hybridized carbons (Fsp3) is 1.00. The Morgan fingerprint density at radius 1 is 1.00 bits per heavy atom. The second-order valence-electron chi connectivity index (χ2n) is 4.77. The molecular weight excluding hydrogens is 170 g/mol. The van der Waals surface area contributed by atoms with Crippen LogP contribution in [0.15, 0.2) is 0 Å². The van der Waals surface area contributed by atoms with E-state index in [1.165, 1.54) is 38.5 Å². The Labute approximate surface area is 90.9 Å². The van der Waals surface area contributed by atoms with Crippen LogP contribution in [-0.4, -0.2) is 25.0 Å². The molecule has 0 amide bonds. The first kappa shape index (κ1) is 14.0. The van der Waals surface area contributed by atoms with Gasteiger partial charge < -0.3 is 4.90 Å². The minimum Gasteiger partial charge on any atom is -0.306 e. The molecule has 0 aliphatic carbocycles. The second kappa shape index (κ2) is 8.28. The van der Waals surface area contributed by atoms with Gasteiger partial charge in [0.1, 0.15) is 0 Å². The van der Waals surface area contributed by atoms with Crippen molar-refractivity contribution in [3.05, 3.63) is 0 Å². The molecule has 1 heteroatoms. The fourth-order valence-electron chi connectivity index (χ4n) is 2.10. The van der Waals surface area contributed by atoms with Gasteiger partial charge in [0.05, 0.1) is 0 Å². The van der Waals surface area contributed by atoms with Crippen molar-refractivity contribution in [1.82, 2.24) is 4.90 Å². The van der Waals surface area contributed by atoms with Crippen molar-refractivity contribution >= 4 is 0 Å². The molecule has 0 N–H and O–H groups in total. The van der Waals surface area contributed by atoms with Crippen LogP contribution in [0.4, 0.5) is 0 Å². The maximum atomic E-state index is 2.40. The van der Waals surface area contributed by atoms with Crippen molar-refractivity contribution in [2.45, 2.75) is 65.3 Å². The summed E-state index contributed by atoms with van der Waals surface area (Å²) in [6, 6.07) is 0.789. The van der Waals surface area contributed by atoms with Gasteiger partial charge in [-0.1, -0.05) is 52.9 Å². The molecule has 0 aromatic heterocycles. The maximum Gasteiger partial charge on any atom is 0.0115 e. The monoisotopic (exact) mass is 199 g/mol. The molecule has 0 aromatic rings. The molecule has 0 heterocycles. The van der Waals surface area contributed by atoms with Crippen molar-refractivity contribution in [3.8, 4) is 0 Å². The van der Waals surface area contributed by atoms with Crippen LogP contribution in [0.2, 0.25) is 0 Å². The average molecular weight is 199 g/mol. The van der Waals surface area contributed by atoms with Crippen molar-refractivity contribution in [2.75, 3.05) is 14.1 Å². The van der Waals surface area contributed by atoms with E-state index in [9.17, 15) is 0 Å². The third-order valence-electron chi connectivity index (χ3n) is 3.32. The first-order valence-electron chi connectivity index (χ1n) is 6.29. The summed E-state index contributed by atoms with van der Waals surface area (Å²) in [5, 5.41) is 0. The van der Waals surface area contributed by atoms with Crippen LogP contribution in [-0.2, 0) is 0 Å². The van der Waals surface area contributed by atoms with E-state index in [0.717, 1.165) is 12.0 Å². The lowest BCUT2D eigenvalue weighted by molar-refractivity contribution is 0.199. The SMILES string of the molecule is CCCCCCC(C(C)CC)N(C)C. The van der Waals surface area contributed by atoms with Gasteiger partial charge in [0.25, 0.3) is 0 Å². The second-order valence-corrected chi connectivity index (χ2v) is 4.77. The third-order valence-corrected chi connectivity index (χ3v) is 3.32. The summed E-state index contributed by atoms with van der Waals surface area (Å²) in [7, 11) is 4.44. The molecule has 0 rings (SSSR count). The number of hydrogen-bond acceptors (Lipinski definition) is 1.